The van der Waals surface area contributed by atoms with Crippen LogP contribution in [0.4, 0.5) is 23.5 Å². The maximum absolute atomic E-state index is 12.2. The number of rotatable bonds is 10. The highest BCUT2D eigenvalue weighted by molar-refractivity contribution is 5.98. The molecule has 4 fully saturated rings. The molecular weight excluding hydrogens is 911 g/mol. The zero-order valence-electron chi connectivity index (χ0n) is 41.3. The third-order valence-electron chi connectivity index (χ3n) is 13.3. The normalized spacial score (nSPS) is 20.6. The van der Waals surface area contributed by atoms with Gasteiger partial charge in [0.2, 0.25) is 11.9 Å². The maximum Gasteiger partial charge on any atom is 0.339 e. The van der Waals surface area contributed by atoms with Crippen LogP contribution in [-0.4, -0.2) is 171 Å². The number of carboxylic acids is 1. The highest BCUT2D eigenvalue weighted by Crippen LogP contribution is 2.35. The number of fused-ring (bicyclic) bond motifs is 2. The van der Waals surface area contributed by atoms with Crippen LogP contribution in [0.15, 0.2) is 60.7 Å². The van der Waals surface area contributed by atoms with Gasteiger partial charge in [-0.15, -0.1) is 0 Å². The van der Waals surface area contributed by atoms with E-state index in [2.05, 4.69) is 52.6 Å². The van der Waals surface area contributed by atoms with E-state index in [4.69, 9.17) is 58.3 Å². The Bertz CT molecular complexity index is 2910. The van der Waals surface area contributed by atoms with Crippen molar-refractivity contribution in [2.24, 2.45) is 0 Å². The van der Waals surface area contributed by atoms with Crippen molar-refractivity contribution in [2.45, 2.75) is 51.9 Å². The summed E-state index contributed by atoms with van der Waals surface area (Å²) >= 11 is 0. The number of carbonyl (C=O) groups excluding carboxylic acids is 1. The van der Waals surface area contributed by atoms with E-state index in [1.165, 1.54) is 13.2 Å². The number of carboxylic acid groups (broad SMARTS) is 1. The van der Waals surface area contributed by atoms with E-state index >= 15 is 0 Å². The SMILES string of the molecule is CNC(=O)c1ccc(-c2ccc3c(N4CCOC[C@@H]4C)nc(N4CCOC[C@@H]4C)nc3n2)cc1OC.COc1cc(-c2ccc3c(N4CCOC[C@@H]4C)nc(N4CCOC[C@@H]4C)nc3n2)ccc1C(=O)O. The van der Waals surface area contributed by atoms with Crippen molar-refractivity contribution in [2.75, 3.05) is 120 Å². The molecule has 8 heterocycles. The van der Waals surface area contributed by atoms with Gasteiger partial charge in [0.25, 0.3) is 5.91 Å². The molecule has 4 aliphatic heterocycles. The Morgan fingerprint density at radius 2 is 0.944 bits per heavy atom. The molecule has 0 bridgehead atoms. The van der Waals surface area contributed by atoms with Gasteiger partial charge in [-0.1, -0.05) is 12.1 Å². The smallest absolute Gasteiger partial charge is 0.339 e. The topological polar surface area (TPSA) is 212 Å². The lowest BCUT2D eigenvalue weighted by Gasteiger charge is -2.37. The van der Waals surface area contributed by atoms with Crippen molar-refractivity contribution in [3.8, 4) is 34.0 Å². The van der Waals surface area contributed by atoms with Crippen molar-refractivity contribution in [3.63, 3.8) is 0 Å². The Labute approximate surface area is 412 Å². The number of amides is 1. The van der Waals surface area contributed by atoms with Crippen molar-refractivity contribution < 1.29 is 43.1 Å². The summed E-state index contributed by atoms with van der Waals surface area (Å²) in [5, 5.41) is 13.8. The number of hydrogen-bond acceptors (Lipinski definition) is 18. The lowest BCUT2D eigenvalue weighted by atomic mass is 10.1. The number of aromatic nitrogens is 6. The van der Waals surface area contributed by atoms with Crippen LogP contribution in [-0.2, 0) is 18.9 Å². The van der Waals surface area contributed by atoms with Gasteiger partial charge < -0.3 is 58.4 Å². The minimum absolute atomic E-state index is 0.103. The first-order chi connectivity index (χ1) is 34.5. The molecule has 71 heavy (non-hydrogen) atoms. The van der Waals surface area contributed by atoms with Crippen LogP contribution in [0.3, 0.4) is 0 Å². The number of anilines is 4. The maximum atomic E-state index is 12.2. The Hall–Kier alpha value is -7.00. The first-order valence-corrected chi connectivity index (χ1v) is 24.0. The van der Waals surface area contributed by atoms with Gasteiger partial charge in [-0.3, -0.25) is 4.79 Å². The number of pyridine rings is 2. The molecule has 0 unspecified atom stereocenters. The fraction of sp³-hybridized carbons (Fsp3) is 0.451. The second-order valence-electron chi connectivity index (χ2n) is 18.0. The number of nitrogens with zero attached hydrogens (tertiary/aromatic N) is 10. The molecule has 0 spiro atoms. The minimum Gasteiger partial charge on any atom is -0.496 e. The molecule has 4 aromatic heterocycles. The van der Waals surface area contributed by atoms with E-state index in [0.29, 0.717) is 99.6 Å². The van der Waals surface area contributed by atoms with E-state index in [-0.39, 0.29) is 41.4 Å². The van der Waals surface area contributed by atoms with Gasteiger partial charge in [-0.2, -0.15) is 19.9 Å². The molecule has 2 aromatic carbocycles. The van der Waals surface area contributed by atoms with Gasteiger partial charge in [0.05, 0.1) is 119 Å². The molecule has 4 aliphatic rings. The van der Waals surface area contributed by atoms with Gasteiger partial charge in [0.1, 0.15) is 28.7 Å². The third-order valence-corrected chi connectivity index (χ3v) is 13.3. The molecule has 4 saturated heterocycles. The second kappa shape index (κ2) is 21.6. The molecule has 20 nitrogen and oxygen atoms in total. The summed E-state index contributed by atoms with van der Waals surface area (Å²) in [7, 11) is 4.61. The van der Waals surface area contributed by atoms with Crippen LogP contribution in [0.1, 0.15) is 48.4 Å². The zero-order valence-corrected chi connectivity index (χ0v) is 41.3. The fourth-order valence-corrected chi connectivity index (χ4v) is 9.31. The van der Waals surface area contributed by atoms with Gasteiger partial charge in [0, 0.05) is 44.4 Å². The first kappa shape index (κ1) is 49.0. The molecule has 1 amide bonds. The van der Waals surface area contributed by atoms with Crippen LogP contribution in [0.2, 0.25) is 0 Å². The van der Waals surface area contributed by atoms with Crippen LogP contribution in [0, 0.1) is 0 Å². The third kappa shape index (κ3) is 10.3. The molecular formula is C51H61N11O9. The molecule has 20 heteroatoms. The van der Waals surface area contributed by atoms with Crippen LogP contribution < -0.4 is 34.4 Å². The van der Waals surface area contributed by atoms with Gasteiger partial charge in [-0.05, 0) is 76.2 Å². The number of aromatic carboxylic acids is 1. The Morgan fingerprint density at radius 1 is 0.549 bits per heavy atom. The predicted molar refractivity (Wildman–Crippen MR) is 269 cm³/mol. The Morgan fingerprint density at radius 3 is 1.32 bits per heavy atom. The predicted octanol–water partition coefficient (Wildman–Crippen LogP) is 5.36. The van der Waals surface area contributed by atoms with E-state index in [1.54, 1.807) is 32.4 Å². The molecule has 0 aliphatic carbocycles. The van der Waals surface area contributed by atoms with Crippen LogP contribution in [0.5, 0.6) is 11.5 Å². The number of nitrogens with one attached hydrogen (secondary N) is 1. The number of benzene rings is 2. The lowest BCUT2D eigenvalue weighted by molar-refractivity contribution is 0.0693. The fourth-order valence-electron chi connectivity index (χ4n) is 9.31. The molecule has 4 atom stereocenters. The Kier molecular flexibility index (Phi) is 14.9. The van der Waals surface area contributed by atoms with Gasteiger partial charge in [-0.25, -0.2) is 14.8 Å². The number of hydrogen-bond donors (Lipinski definition) is 2. The number of morpholine rings is 4. The highest BCUT2D eigenvalue weighted by atomic mass is 16.5. The van der Waals surface area contributed by atoms with Crippen molar-refractivity contribution >= 4 is 57.5 Å². The summed E-state index contributed by atoms with van der Waals surface area (Å²) in [6.45, 7) is 16.5. The van der Waals surface area contributed by atoms with Gasteiger partial charge >= 0.3 is 5.97 Å². The summed E-state index contributed by atoms with van der Waals surface area (Å²) in [6, 6.07) is 19.0. The van der Waals surface area contributed by atoms with E-state index in [9.17, 15) is 14.7 Å². The second-order valence-corrected chi connectivity index (χ2v) is 18.0. The van der Waals surface area contributed by atoms with Crippen molar-refractivity contribution in [1.82, 2.24) is 35.2 Å². The summed E-state index contributed by atoms with van der Waals surface area (Å²) in [5.74, 6) is 2.53. The molecule has 6 aromatic rings. The summed E-state index contributed by atoms with van der Waals surface area (Å²) < 4.78 is 33.4. The van der Waals surface area contributed by atoms with E-state index in [0.717, 1.165) is 58.9 Å². The Balaban J connectivity index is 0.000000176. The molecule has 0 saturated carbocycles. The van der Waals surface area contributed by atoms with Crippen molar-refractivity contribution in [1.29, 1.82) is 0 Å². The summed E-state index contributed by atoms with van der Waals surface area (Å²) in [4.78, 5) is 62.3. The van der Waals surface area contributed by atoms with Crippen molar-refractivity contribution in [3.05, 3.63) is 71.8 Å². The number of carbonyl (C=O) groups is 2. The average molecular weight is 972 g/mol. The van der Waals surface area contributed by atoms with E-state index < -0.39 is 5.97 Å². The van der Waals surface area contributed by atoms with Crippen LogP contribution >= 0.6 is 0 Å². The highest BCUT2D eigenvalue weighted by Gasteiger charge is 2.30. The molecule has 10 rings (SSSR count). The quantitative estimate of drug-likeness (QED) is 0.177. The monoisotopic (exact) mass is 971 g/mol. The average Bonchev–Trinajstić information content (AvgIpc) is 3.40. The van der Waals surface area contributed by atoms with Gasteiger partial charge in [0.15, 0.2) is 11.3 Å². The lowest BCUT2D eigenvalue weighted by Crippen LogP contribution is -2.46. The van der Waals surface area contributed by atoms with Crippen LogP contribution in [0.25, 0.3) is 44.6 Å². The zero-order chi connectivity index (χ0) is 49.8. The molecule has 0 radical (unpaired) electrons. The summed E-state index contributed by atoms with van der Waals surface area (Å²) in [5.41, 5.74) is 4.78. The first-order valence-electron chi connectivity index (χ1n) is 24.0. The molecule has 2 N–H and O–H groups in total. The number of methoxy groups -OCH3 is 2. The molecule has 374 valence electrons. The largest absolute Gasteiger partial charge is 0.496 e. The summed E-state index contributed by atoms with van der Waals surface area (Å²) in [6.07, 6.45) is 0. The van der Waals surface area contributed by atoms with E-state index in [1.807, 2.05) is 36.4 Å². The number of ether oxygens (including phenoxy) is 6. The standard InChI is InChI=1S/C26H32N6O4.C25H29N5O5/c1-16-14-35-11-9-31(16)24-20-7-8-21(18-5-6-19(25(33)27-3)22(13-18)34-4)28-23(20)29-26(30-24)32-10-12-36-15-17(32)2;1-15-13-34-10-8-29(15)23-19-6-7-20(17-4-5-18(24(31)32)21(12-17)33-3)26-22(19)27-25(28-23)30-9-11-35-14-16(30)2/h5-8,13,16-17H,9-12,14-15H2,1-4H3,(H,27,33);4-7,12,15-16H,8-11,13-14H2,1-3H3,(H,31,32)/t16-,17-;15-,16-/m00/s1. The minimum atomic E-state index is -1.04.